The number of thioether (sulfide) groups is 1. The first-order valence-corrected chi connectivity index (χ1v) is 10.3. The van der Waals surface area contributed by atoms with Gasteiger partial charge in [0.1, 0.15) is 23.5 Å². The molecule has 2 aromatic rings. The van der Waals surface area contributed by atoms with E-state index in [2.05, 4.69) is 15.3 Å². The van der Waals surface area contributed by atoms with Gasteiger partial charge in [0.2, 0.25) is 5.91 Å². The molecule has 0 fully saturated rings. The Morgan fingerprint density at radius 2 is 2.00 bits per heavy atom. The average Bonchev–Trinajstić information content (AvgIpc) is 3.07. The molecule has 0 spiro atoms. The van der Waals surface area contributed by atoms with E-state index in [4.69, 9.17) is 0 Å². The van der Waals surface area contributed by atoms with Crippen molar-refractivity contribution >= 4 is 46.0 Å². The Labute approximate surface area is 176 Å². The maximum Gasteiger partial charge on any atom is 0.259 e. The Morgan fingerprint density at radius 1 is 1.23 bits per heavy atom. The highest BCUT2D eigenvalue weighted by Gasteiger charge is 2.42. The van der Waals surface area contributed by atoms with E-state index in [1.54, 1.807) is 0 Å². The minimum absolute atomic E-state index is 0.00765. The number of nitrogens with one attached hydrogen (secondary N) is 1. The molecule has 0 saturated heterocycles. The summed E-state index contributed by atoms with van der Waals surface area (Å²) in [7, 11) is 0. The summed E-state index contributed by atoms with van der Waals surface area (Å²) >= 11 is 1.04. The fourth-order valence-corrected chi connectivity index (χ4v) is 4.01. The fraction of sp³-hybridized carbons (Fsp3) is 0.238. The summed E-state index contributed by atoms with van der Waals surface area (Å²) in [5, 5.41) is 2.67. The molecular formula is C21H18F2N4O2S. The van der Waals surface area contributed by atoms with Crippen molar-refractivity contribution in [2.75, 3.05) is 11.1 Å². The van der Waals surface area contributed by atoms with Gasteiger partial charge in [0, 0.05) is 11.6 Å². The van der Waals surface area contributed by atoms with Crippen molar-refractivity contribution in [3.8, 4) is 0 Å². The van der Waals surface area contributed by atoms with Gasteiger partial charge < -0.3 is 5.32 Å². The molecule has 0 aromatic heterocycles. The van der Waals surface area contributed by atoms with Crippen LogP contribution in [0.5, 0.6) is 0 Å². The molecule has 1 N–H and O–H groups in total. The molecule has 1 atom stereocenters. The van der Waals surface area contributed by atoms with Crippen molar-refractivity contribution in [2.24, 2.45) is 15.9 Å². The highest BCUT2D eigenvalue weighted by molar-refractivity contribution is 8.14. The minimum Gasteiger partial charge on any atom is -0.323 e. The first-order chi connectivity index (χ1) is 14.3. The molecule has 2 amide bonds. The van der Waals surface area contributed by atoms with Gasteiger partial charge >= 0.3 is 0 Å². The number of carbonyl (C=O) groups is 2. The molecule has 0 radical (unpaired) electrons. The zero-order valence-electron chi connectivity index (χ0n) is 16.2. The molecule has 2 aliphatic heterocycles. The smallest absolute Gasteiger partial charge is 0.259 e. The van der Waals surface area contributed by atoms with Gasteiger partial charge in [0.05, 0.1) is 17.1 Å². The van der Waals surface area contributed by atoms with Crippen molar-refractivity contribution in [3.05, 3.63) is 59.7 Å². The number of carbonyl (C=O) groups excluding carboxylic acids is 2. The van der Waals surface area contributed by atoms with Crippen LogP contribution in [0.2, 0.25) is 0 Å². The number of hydrogen-bond donors (Lipinski definition) is 1. The number of amidine groups is 2. The van der Waals surface area contributed by atoms with E-state index in [1.807, 2.05) is 38.1 Å². The van der Waals surface area contributed by atoms with Crippen molar-refractivity contribution in [1.82, 2.24) is 4.90 Å². The van der Waals surface area contributed by atoms with Gasteiger partial charge in [0.25, 0.3) is 5.91 Å². The lowest BCUT2D eigenvalue weighted by molar-refractivity contribution is -0.125. The third-order valence-corrected chi connectivity index (χ3v) is 5.60. The molecule has 9 heteroatoms. The average molecular weight is 428 g/mol. The second-order valence-electron chi connectivity index (χ2n) is 7.19. The van der Waals surface area contributed by atoms with Gasteiger partial charge in [-0.05, 0) is 30.2 Å². The largest absolute Gasteiger partial charge is 0.323 e. The van der Waals surface area contributed by atoms with E-state index < -0.39 is 23.6 Å². The van der Waals surface area contributed by atoms with Crippen molar-refractivity contribution in [3.63, 3.8) is 0 Å². The molecule has 0 unspecified atom stereocenters. The number of para-hydroxylation sites is 1. The first-order valence-electron chi connectivity index (χ1n) is 9.32. The van der Waals surface area contributed by atoms with Crippen LogP contribution in [0.15, 0.2) is 52.4 Å². The maximum absolute atomic E-state index is 13.8. The molecular weight excluding hydrogens is 410 g/mol. The summed E-state index contributed by atoms with van der Waals surface area (Å²) in [4.78, 5) is 35.8. The molecule has 2 heterocycles. The van der Waals surface area contributed by atoms with Crippen molar-refractivity contribution < 1.29 is 18.4 Å². The fourth-order valence-electron chi connectivity index (χ4n) is 3.21. The highest BCUT2D eigenvalue weighted by Crippen LogP contribution is 2.34. The Balaban J connectivity index is 1.56. The van der Waals surface area contributed by atoms with Crippen LogP contribution in [-0.2, 0) is 9.59 Å². The minimum atomic E-state index is -0.734. The Hall–Kier alpha value is -3.07. The van der Waals surface area contributed by atoms with Crippen LogP contribution >= 0.6 is 11.8 Å². The summed E-state index contributed by atoms with van der Waals surface area (Å²) in [5.74, 6) is -1.75. The predicted octanol–water partition coefficient (Wildman–Crippen LogP) is 3.95. The molecule has 2 aromatic carbocycles. The maximum atomic E-state index is 13.8. The summed E-state index contributed by atoms with van der Waals surface area (Å²) in [5.41, 5.74) is 1.17. The molecule has 4 rings (SSSR count). The van der Waals surface area contributed by atoms with Gasteiger partial charge in [-0.3, -0.25) is 14.6 Å². The Kier molecular flexibility index (Phi) is 5.38. The number of benzene rings is 2. The predicted molar refractivity (Wildman–Crippen MR) is 113 cm³/mol. The third kappa shape index (κ3) is 3.72. The van der Waals surface area contributed by atoms with Gasteiger partial charge in [-0.25, -0.2) is 18.7 Å². The number of rotatable bonds is 4. The van der Waals surface area contributed by atoms with Crippen LogP contribution in [0, 0.1) is 17.6 Å². The lowest BCUT2D eigenvalue weighted by Gasteiger charge is -2.25. The van der Waals surface area contributed by atoms with Crippen LogP contribution in [-0.4, -0.2) is 39.5 Å². The number of amides is 2. The van der Waals surface area contributed by atoms with Crippen LogP contribution in [0.1, 0.15) is 19.4 Å². The topological polar surface area (TPSA) is 74.1 Å². The van der Waals surface area contributed by atoms with E-state index in [-0.39, 0.29) is 23.3 Å². The normalized spacial score (nSPS) is 17.4. The summed E-state index contributed by atoms with van der Waals surface area (Å²) in [6.45, 7) is 3.84. The number of halogens is 2. The molecule has 30 heavy (non-hydrogen) atoms. The molecule has 0 bridgehead atoms. The second-order valence-corrected chi connectivity index (χ2v) is 8.13. The third-order valence-electron chi connectivity index (χ3n) is 4.67. The molecule has 2 aliphatic rings. The number of hydrogen-bond acceptors (Lipinski definition) is 5. The molecule has 0 saturated carbocycles. The van der Waals surface area contributed by atoms with Crippen molar-refractivity contribution in [2.45, 2.75) is 19.9 Å². The molecule has 0 aliphatic carbocycles. The van der Waals surface area contributed by atoms with Crippen LogP contribution in [0.25, 0.3) is 0 Å². The summed E-state index contributed by atoms with van der Waals surface area (Å²) in [6, 6.07) is 9.64. The van der Waals surface area contributed by atoms with Crippen LogP contribution in [0.4, 0.5) is 20.2 Å². The number of nitrogens with zero attached hydrogens (tertiary/aromatic N) is 3. The zero-order valence-corrected chi connectivity index (χ0v) is 17.0. The molecule has 6 nitrogen and oxygen atoms in total. The van der Waals surface area contributed by atoms with Gasteiger partial charge in [-0.1, -0.05) is 37.7 Å². The lowest BCUT2D eigenvalue weighted by Crippen LogP contribution is -2.42. The van der Waals surface area contributed by atoms with Crippen LogP contribution in [0.3, 0.4) is 0 Å². The van der Waals surface area contributed by atoms with Crippen LogP contribution < -0.4 is 5.32 Å². The quantitative estimate of drug-likeness (QED) is 0.801. The summed E-state index contributed by atoms with van der Waals surface area (Å²) in [6.07, 6.45) is 0. The van der Waals surface area contributed by atoms with Gasteiger partial charge in [0.15, 0.2) is 5.17 Å². The van der Waals surface area contributed by atoms with Gasteiger partial charge in [-0.2, -0.15) is 0 Å². The van der Waals surface area contributed by atoms with Gasteiger partial charge in [-0.15, -0.1) is 0 Å². The molecule has 154 valence electrons. The van der Waals surface area contributed by atoms with E-state index in [0.29, 0.717) is 16.7 Å². The Morgan fingerprint density at radius 3 is 2.77 bits per heavy atom. The SMILES string of the molecule is CC(C)[C@@H]1N=C2c3ccccc3N=C(SCC(=O)Nc3cc(F)ccc3F)N2C1=O. The lowest BCUT2D eigenvalue weighted by atomic mass is 10.1. The van der Waals surface area contributed by atoms with E-state index in [0.717, 1.165) is 35.5 Å². The van der Waals surface area contributed by atoms with Crippen molar-refractivity contribution in [1.29, 1.82) is 0 Å². The number of aliphatic imine (C=N–C) groups is 2. The second kappa shape index (κ2) is 7.98. The highest BCUT2D eigenvalue weighted by atomic mass is 32.2. The Bertz CT molecular complexity index is 1100. The number of anilines is 1. The number of fused-ring (bicyclic) bond motifs is 3. The summed E-state index contributed by atoms with van der Waals surface area (Å²) < 4.78 is 27.1. The standard InChI is InChI=1S/C21H18F2N4O2S/c1-11(2)18-20(29)27-19(26-18)13-5-3-4-6-15(13)25-21(27)30-10-17(28)24-16-9-12(22)7-8-14(16)23/h3-9,11,18H,10H2,1-2H3,(H,24,28)/t18-/m0/s1. The monoisotopic (exact) mass is 428 g/mol. The van der Waals surface area contributed by atoms with E-state index in [9.17, 15) is 18.4 Å². The van der Waals surface area contributed by atoms with E-state index >= 15 is 0 Å². The zero-order chi connectivity index (χ0) is 21.4. The van der Waals surface area contributed by atoms with E-state index in [1.165, 1.54) is 4.90 Å². The first kappa shape index (κ1) is 20.2.